The van der Waals surface area contributed by atoms with E-state index in [1.807, 2.05) is 0 Å². The fourth-order valence-electron chi connectivity index (χ4n) is 15.6. The largest absolute Gasteiger partial charge is 0.311 e. The predicted molar refractivity (Wildman–Crippen MR) is 244 cm³/mol. The van der Waals surface area contributed by atoms with Crippen LogP contribution < -0.4 is 26.2 Å². The van der Waals surface area contributed by atoms with E-state index in [-0.39, 0.29) is 17.5 Å². The summed E-state index contributed by atoms with van der Waals surface area (Å²) in [7, 11) is 0. The molecule has 4 saturated carbocycles. The van der Waals surface area contributed by atoms with Gasteiger partial charge in [-0.25, -0.2) is 0 Å². The molecule has 8 aliphatic rings. The zero-order valence-electron chi connectivity index (χ0n) is 33.4. The monoisotopic (exact) mass is 756 g/mol. The second-order valence-electron chi connectivity index (χ2n) is 19.5. The maximum absolute atomic E-state index is 2.81. The van der Waals surface area contributed by atoms with E-state index < -0.39 is 0 Å². The Morgan fingerprint density at radius 1 is 0.424 bits per heavy atom. The Kier molecular flexibility index (Phi) is 6.02. The van der Waals surface area contributed by atoms with E-state index in [4.69, 9.17) is 0 Å². The Bertz CT molecular complexity index is 2990. The van der Waals surface area contributed by atoms with E-state index in [0.29, 0.717) is 5.92 Å². The molecule has 1 unspecified atom stereocenters. The van der Waals surface area contributed by atoms with Crippen LogP contribution in [0.3, 0.4) is 0 Å². The van der Waals surface area contributed by atoms with Crippen molar-refractivity contribution in [3.05, 3.63) is 174 Å². The average Bonchev–Trinajstić information content (AvgIpc) is 4.17. The second-order valence-corrected chi connectivity index (χ2v) is 19.5. The number of para-hydroxylation sites is 2. The maximum atomic E-state index is 2.81. The summed E-state index contributed by atoms with van der Waals surface area (Å²) in [6.45, 7) is 0.110. The topological polar surface area (TPSA) is 6.48 Å². The van der Waals surface area contributed by atoms with E-state index in [1.165, 1.54) is 124 Å². The van der Waals surface area contributed by atoms with Crippen molar-refractivity contribution in [3.8, 4) is 22.3 Å². The van der Waals surface area contributed by atoms with Gasteiger partial charge >= 0.3 is 0 Å². The van der Waals surface area contributed by atoms with Gasteiger partial charge in [0.1, 0.15) is 0 Å². The number of anilines is 6. The quantitative estimate of drug-likeness (QED) is 0.162. The molecule has 0 aromatic heterocycles. The standard InChI is InChI=1S/C56H45BN2/c1-2-12-38(13-3-1)58-47-20-9-8-19-45(47)57-46-29-28-44-52(40-15-5-7-17-42(40)56(44)33-35-25-27-37(56)31-35)54(46)59(50-23-11-22-49(58)53(50)57)48-21-10-18-43-51(48)39-14-4-6-16-41(39)55(43)32-34-24-26-36(55)30-34/h1-23,28-29,34-37H,24-27,30-33H2/t34-,35+,36?,37-,55+,56+/m1/s1. The van der Waals surface area contributed by atoms with Crippen molar-refractivity contribution >= 4 is 57.2 Å². The van der Waals surface area contributed by atoms with Crippen molar-refractivity contribution in [1.29, 1.82) is 0 Å². The van der Waals surface area contributed by atoms with Gasteiger partial charge in [0.25, 0.3) is 6.71 Å². The second kappa shape index (κ2) is 11.1. The van der Waals surface area contributed by atoms with Crippen LogP contribution in [0.4, 0.5) is 34.1 Å². The van der Waals surface area contributed by atoms with Crippen molar-refractivity contribution in [2.45, 2.75) is 62.2 Å². The molecule has 15 rings (SSSR count). The van der Waals surface area contributed by atoms with E-state index in [1.54, 1.807) is 22.3 Å². The minimum Gasteiger partial charge on any atom is -0.311 e. The Morgan fingerprint density at radius 3 is 1.68 bits per heavy atom. The summed E-state index contributed by atoms with van der Waals surface area (Å²) >= 11 is 0. The smallest absolute Gasteiger partial charge is 0.252 e. The average molecular weight is 757 g/mol. The van der Waals surface area contributed by atoms with Crippen LogP contribution in [0.5, 0.6) is 0 Å². The normalized spacial score (nSPS) is 27.5. The number of benzene rings is 7. The van der Waals surface area contributed by atoms with Crippen LogP contribution in [0.25, 0.3) is 22.3 Å². The Balaban J connectivity index is 1.08. The first kappa shape index (κ1) is 32.1. The molecule has 0 amide bonds. The molecule has 2 spiro atoms. The fraction of sp³-hybridized carbons (Fsp3) is 0.250. The van der Waals surface area contributed by atoms with Crippen molar-refractivity contribution < 1.29 is 0 Å². The van der Waals surface area contributed by atoms with Crippen molar-refractivity contribution in [2.75, 3.05) is 9.80 Å². The molecule has 6 atom stereocenters. The molecule has 7 aromatic rings. The van der Waals surface area contributed by atoms with Crippen LogP contribution in [0.2, 0.25) is 0 Å². The molecule has 2 nitrogen and oxygen atoms in total. The van der Waals surface area contributed by atoms with E-state index in [0.717, 1.165) is 17.8 Å². The lowest BCUT2D eigenvalue weighted by Gasteiger charge is -2.45. The number of nitrogens with zero attached hydrogens (tertiary/aromatic N) is 2. The summed E-state index contributed by atoms with van der Waals surface area (Å²) in [5.41, 5.74) is 24.7. The zero-order chi connectivity index (χ0) is 38.2. The molecule has 4 bridgehead atoms. The molecule has 0 N–H and O–H groups in total. The van der Waals surface area contributed by atoms with Gasteiger partial charge in [-0.15, -0.1) is 0 Å². The van der Waals surface area contributed by atoms with Gasteiger partial charge in [-0.05, 0) is 148 Å². The van der Waals surface area contributed by atoms with E-state index >= 15 is 0 Å². The molecule has 4 fully saturated rings. The summed E-state index contributed by atoms with van der Waals surface area (Å²) < 4.78 is 0. The third kappa shape index (κ3) is 3.71. The highest BCUT2D eigenvalue weighted by Gasteiger charge is 2.60. The van der Waals surface area contributed by atoms with Gasteiger partial charge < -0.3 is 9.80 Å². The minimum absolute atomic E-state index is 0.102. The first-order valence-electron chi connectivity index (χ1n) is 22.6. The Labute approximate surface area is 347 Å². The van der Waals surface area contributed by atoms with Gasteiger partial charge in [0, 0.05) is 50.4 Å². The van der Waals surface area contributed by atoms with Crippen molar-refractivity contribution in [2.24, 2.45) is 23.7 Å². The summed E-state index contributed by atoms with van der Waals surface area (Å²) in [6, 6.07) is 59.5. The highest BCUT2D eigenvalue weighted by Crippen LogP contribution is 2.69. The molecule has 6 aliphatic carbocycles. The first-order valence-corrected chi connectivity index (χ1v) is 22.6. The van der Waals surface area contributed by atoms with Gasteiger partial charge in [-0.3, -0.25) is 0 Å². The fourth-order valence-corrected chi connectivity index (χ4v) is 15.6. The summed E-state index contributed by atoms with van der Waals surface area (Å²) in [6.07, 6.45) is 10.8. The van der Waals surface area contributed by atoms with Gasteiger partial charge in [-0.2, -0.15) is 0 Å². The highest BCUT2D eigenvalue weighted by molar-refractivity contribution is 7.00. The maximum Gasteiger partial charge on any atom is 0.252 e. The number of hydrogen-bond donors (Lipinski definition) is 0. The SMILES string of the molecule is c1ccc(N2c3ccccc3B3c4ccc5c(c4N(c4cccc6c4-c4ccccc4[C@@]64C[C@@H]6CCC4C6)c4cccc2c43)-c2ccccc2[C@@]52C[C@H]3CC[C@@H]2C3)cc1. The first-order chi connectivity index (χ1) is 29.2. The summed E-state index contributed by atoms with van der Waals surface area (Å²) in [4.78, 5) is 5.35. The number of hydrogen-bond acceptors (Lipinski definition) is 2. The zero-order valence-corrected chi connectivity index (χ0v) is 33.4. The van der Waals surface area contributed by atoms with Gasteiger partial charge in [0.2, 0.25) is 0 Å². The van der Waals surface area contributed by atoms with Crippen LogP contribution in [0, 0.1) is 23.7 Å². The molecule has 3 heteroatoms. The lowest BCUT2D eigenvalue weighted by Crippen LogP contribution is -2.61. The molecule has 2 aliphatic heterocycles. The molecule has 59 heavy (non-hydrogen) atoms. The van der Waals surface area contributed by atoms with Gasteiger partial charge in [0.15, 0.2) is 0 Å². The lowest BCUT2D eigenvalue weighted by atomic mass is 9.33. The van der Waals surface area contributed by atoms with Crippen LogP contribution in [-0.4, -0.2) is 6.71 Å². The van der Waals surface area contributed by atoms with Crippen LogP contribution in [0.15, 0.2) is 152 Å². The number of rotatable bonds is 2. The van der Waals surface area contributed by atoms with Crippen LogP contribution >= 0.6 is 0 Å². The summed E-state index contributed by atoms with van der Waals surface area (Å²) in [5, 5.41) is 0. The molecule has 0 saturated heterocycles. The molecular formula is C56H45BN2. The van der Waals surface area contributed by atoms with E-state index in [9.17, 15) is 0 Å². The lowest BCUT2D eigenvalue weighted by molar-refractivity contribution is 0.327. The molecule has 7 aromatic carbocycles. The Morgan fingerprint density at radius 2 is 0.983 bits per heavy atom. The molecular weight excluding hydrogens is 711 g/mol. The molecule has 0 radical (unpaired) electrons. The van der Waals surface area contributed by atoms with Crippen molar-refractivity contribution in [3.63, 3.8) is 0 Å². The Hall–Kier alpha value is -5.80. The third-order valence-corrected chi connectivity index (χ3v) is 17.4. The van der Waals surface area contributed by atoms with Crippen LogP contribution in [0.1, 0.15) is 73.6 Å². The predicted octanol–water partition coefficient (Wildman–Crippen LogP) is 11.9. The highest BCUT2D eigenvalue weighted by atomic mass is 15.2. The molecule has 282 valence electrons. The molecule has 2 heterocycles. The van der Waals surface area contributed by atoms with Crippen LogP contribution in [-0.2, 0) is 10.8 Å². The minimum atomic E-state index is 0.102. The third-order valence-electron chi connectivity index (χ3n) is 17.4. The summed E-state index contributed by atoms with van der Waals surface area (Å²) in [5.74, 6) is 3.10. The van der Waals surface area contributed by atoms with Gasteiger partial charge in [-0.1, -0.05) is 128 Å². The number of fused-ring (bicyclic) bond motifs is 21. The van der Waals surface area contributed by atoms with E-state index in [2.05, 4.69) is 161 Å². The van der Waals surface area contributed by atoms with Gasteiger partial charge in [0.05, 0.1) is 5.69 Å². The van der Waals surface area contributed by atoms with Crippen molar-refractivity contribution in [1.82, 2.24) is 0 Å².